The molecule has 0 radical (unpaired) electrons. The van der Waals surface area contributed by atoms with Gasteiger partial charge in [0, 0.05) is 17.9 Å². The molecule has 0 aromatic rings. The van der Waals surface area contributed by atoms with Gasteiger partial charge < -0.3 is 10.4 Å². The van der Waals surface area contributed by atoms with Gasteiger partial charge in [-0.15, -0.1) is 0 Å². The SMILES string of the molecule is CCCCCCCCCCCCCC(=O)NC(CO)CN=[N+]=[N-]. The highest BCUT2D eigenvalue weighted by Crippen LogP contribution is 2.11. The summed E-state index contributed by atoms with van der Waals surface area (Å²) in [5.74, 6) is -0.0758. The fourth-order valence-electron chi connectivity index (χ4n) is 2.53. The maximum Gasteiger partial charge on any atom is 0.220 e. The van der Waals surface area contributed by atoms with E-state index in [4.69, 9.17) is 10.6 Å². The van der Waals surface area contributed by atoms with Crippen molar-refractivity contribution in [3.63, 3.8) is 0 Å². The van der Waals surface area contributed by atoms with Crippen molar-refractivity contribution in [2.45, 2.75) is 90.0 Å². The first-order valence-corrected chi connectivity index (χ1v) is 9.15. The molecule has 6 heteroatoms. The standard InChI is InChI=1S/C17H34N4O2/c1-2-3-4-5-6-7-8-9-10-11-12-13-17(23)20-16(15-22)14-19-21-18/h16,22H,2-15H2,1H3,(H,20,23). The van der Waals surface area contributed by atoms with Gasteiger partial charge in [0.2, 0.25) is 5.91 Å². The quantitative estimate of drug-likeness (QED) is 0.189. The monoisotopic (exact) mass is 326 g/mol. The minimum Gasteiger partial charge on any atom is -0.394 e. The lowest BCUT2D eigenvalue weighted by Crippen LogP contribution is -2.39. The molecule has 1 unspecified atom stereocenters. The molecule has 2 N–H and O–H groups in total. The molecule has 1 amide bonds. The van der Waals surface area contributed by atoms with Gasteiger partial charge in [-0.25, -0.2) is 0 Å². The lowest BCUT2D eigenvalue weighted by Gasteiger charge is -2.13. The van der Waals surface area contributed by atoms with Gasteiger partial charge in [0.25, 0.3) is 0 Å². The molecule has 134 valence electrons. The van der Waals surface area contributed by atoms with Crippen LogP contribution in [-0.4, -0.2) is 30.2 Å². The molecule has 1 atom stereocenters. The van der Waals surface area contributed by atoms with E-state index in [0.29, 0.717) is 6.42 Å². The lowest BCUT2D eigenvalue weighted by molar-refractivity contribution is -0.122. The van der Waals surface area contributed by atoms with Crippen molar-refractivity contribution in [2.75, 3.05) is 13.2 Å². The summed E-state index contributed by atoms with van der Waals surface area (Å²) in [5.41, 5.74) is 8.22. The van der Waals surface area contributed by atoms with Crippen LogP contribution in [0, 0.1) is 0 Å². The molecular weight excluding hydrogens is 292 g/mol. The number of aliphatic hydroxyl groups excluding tert-OH is 1. The van der Waals surface area contributed by atoms with Gasteiger partial charge in [-0.2, -0.15) is 0 Å². The van der Waals surface area contributed by atoms with Crippen LogP contribution in [0.4, 0.5) is 0 Å². The minimum atomic E-state index is -0.467. The molecule has 0 saturated carbocycles. The Morgan fingerprint density at radius 2 is 1.57 bits per heavy atom. The van der Waals surface area contributed by atoms with Crippen LogP contribution in [0.2, 0.25) is 0 Å². The summed E-state index contributed by atoms with van der Waals surface area (Å²) in [6, 6.07) is -0.467. The molecule has 0 spiro atoms. The van der Waals surface area contributed by atoms with Crippen molar-refractivity contribution in [3.05, 3.63) is 10.4 Å². The number of hydrogen-bond donors (Lipinski definition) is 2. The lowest BCUT2D eigenvalue weighted by atomic mass is 10.1. The number of nitrogens with zero attached hydrogens (tertiary/aromatic N) is 3. The summed E-state index contributed by atoms with van der Waals surface area (Å²) in [6.45, 7) is 2.13. The summed E-state index contributed by atoms with van der Waals surface area (Å²) in [7, 11) is 0. The van der Waals surface area contributed by atoms with Gasteiger partial charge in [-0.05, 0) is 12.0 Å². The fraction of sp³-hybridized carbons (Fsp3) is 0.941. The van der Waals surface area contributed by atoms with Gasteiger partial charge in [-0.3, -0.25) is 4.79 Å². The van der Waals surface area contributed by atoms with Crippen LogP contribution in [0.1, 0.15) is 84.0 Å². The Morgan fingerprint density at radius 1 is 1.04 bits per heavy atom. The van der Waals surface area contributed by atoms with Gasteiger partial charge in [0.1, 0.15) is 0 Å². The highest BCUT2D eigenvalue weighted by molar-refractivity contribution is 5.76. The first-order chi connectivity index (χ1) is 11.2. The predicted molar refractivity (Wildman–Crippen MR) is 94.1 cm³/mol. The summed E-state index contributed by atoms with van der Waals surface area (Å²) in [6.07, 6.45) is 14.3. The van der Waals surface area contributed by atoms with Crippen molar-refractivity contribution in [3.8, 4) is 0 Å². The number of azide groups is 1. The summed E-state index contributed by atoms with van der Waals surface area (Å²) < 4.78 is 0. The molecule has 0 rings (SSSR count). The normalized spacial score (nSPS) is 11.7. The number of nitrogens with one attached hydrogen (secondary N) is 1. The Labute approximate surface area is 140 Å². The zero-order valence-electron chi connectivity index (χ0n) is 14.7. The third-order valence-corrected chi connectivity index (χ3v) is 3.96. The molecule has 23 heavy (non-hydrogen) atoms. The summed E-state index contributed by atoms with van der Waals surface area (Å²) in [5, 5.41) is 15.1. The summed E-state index contributed by atoms with van der Waals surface area (Å²) >= 11 is 0. The van der Waals surface area contributed by atoms with Gasteiger partial charge in [0.05, 0.1) is 12.6 Å². The van der Waals surface area contributed by atoms with E-state index < -0.39 is 6.04 Å². The van der Waals surface area contributed by atoms with Crippen molar-refractivity contribution < 1.29 is 9.90 Å². The number of amides is 1. The minimum absolute atomic E-state index is 0.0758. The fourth-order valence-corrected chi connectivity index (χ4v) is 2.53. The van der Waals surface area contributed by atoms with Crippen LogP contribution in [-0.2, 0) is 4.79 Å². The molecule has 0 aliphatic heterocycles. The highest BCUT2D eigenvalue weighted by atomic mass is 16.3. The van der Waals surface area contributed by atoms with Crippen LogP contribution in [0.15, 0.2) is 5.11 Å². The molecule has 0 aromatic heterocycles. The number of carbonyl (C=O) groups excluding carboxylic acids is 1. The number of aliphatic hydroxyl groups is 1. The Morgan fingerprint density at radius 3 is 2.04 bits per heavy atom. The molecule has 0 aliphatic carbocycles. The van der Waals surface area contributed by atoms with E-state index in [9.17, 15) is 4.79 Å². The van der Waals surface area contributed by atoms with E-state index in [1.807, 2.05) is 0 Å². The zero-order valence-corrected chi connectivity index (χ0v) is 14.7. The molecule has 0 saturated heterocycles. The molecule has 0 fully saturated rings. The van der Waals surface area contributed by atoms with E-state index >= 15 is 0 Å². The van der Waals surface area contributed by atoms with E-state index in [-0.39, 0.29) is 19.1 Å². The average Bonchev–Trinajstić information content (AvgIpc) is 2.56. The van der Waals surface area contributed by atoms with E-state index in [1.165, 1.54) is 57.8 Å². The smallest absolute Gasteiger partial charge is 0.220 e. The molecule has 0 heterocycles. The van der Waals surface area contributed by atoms with Crippen molar-refractivity contribution in [1.82, 2.24) is 5.32 Å². The Bertz CT molecular complexity index is 331. The van der Waals surface area contributed by atoms with E-state index in [1.54, 1.807) is 0 Å². The molecule has 0 bridgehead atoms. The predicted octanol–water partition coefficient (Wildman–Crippen LogP) is 4.47. The molecule has 0 aromatic carbocycles. The Kier molecular flexibility index (Phi) is 16.2. The topological polar surface area (TPSA) is 98.1 Å². The first kappa shape index (κ1) is 21.7. The molecule has 6 nitrogen and oxygen atoms in total. The second-order valence-corrected chi connectivity index (χ2v) is 6.15. The van der Waals surface area contributed by atoms with Crippen LogP contribution < -0.4 is 5.32 Å². The van der Waals surface area contributed by atoms with Crippen molar-refractivity contribution >= 4 is 5.91 Å². The number of carbonyl (C=O) groups is 1. The van der Waals surface area contributed by atoms with Crippen molar-refractivity contribution in [1.29, 1.82) is 0 Å². The molecular formula is C17H34N4O2. The van der Waals surface area contributed by atoms with Crippen LogP contribution in [0.25, 0.3) is 10.4 Å². The van der Waals surface area contributed by atoms with E-state index in [2.05, 4.69) is 22.3 Å². The van der Waals surface area contributed by atoms with Gasteiger partial charge in [0.15, 0.2) is 0 Å². The Hall–Kier alpha value is -1.26. The molecule has 0 aliphatic rings. The second kappa shape index (κ2) is 17.1. The van der Waals surface area contributed by atoms with Crippen molar-refractivity contribution in [2.24, 2.45) is 5.11 Å². The van der Waals surface area contributed by atoms with Crippen LogP contribution in [0.5, 0.6) is 0 Å². The van der Waals surface area contributed by atoms with Crippen LogP contribution in [0.3, 0.4) is 0 Å². The number of rotatable bonds is 16. The van der Waals surface area contributed by atoms with Gasteiger partial charge >= 0.3 is 0 Å². The van der Waals surface area contributed by atoms with Crippen LogP contribution >= 0.6 is 0 Å². The highest BCUT2D eigenvalue weighted by Gasteiger charge is 2.09. The maximum atomic E-state index is 11.7. The Balaban J connectivity index is 3.39. The van der Waals surface area contributed by atoms with Gasteiger partial charge in [-0.1, -0.05) is 76.2 Å². The number of unbranched alkanes of at least 4 members (excludes halogenated alkanes) is 10. The number of hydrogen-bond acceptors (Lipinski definition) is 3. The largest absolute Gasteiger partial charge is 0.394 e. The third kappa shape index (κ3) is 15.4. The van der Waals surface area contributed by atoms with E-state index in [0.717, 1.165) is 12.8 Å². The third-order valence-electron chi connectivity index (χ3n) is 3.96. The maximum absolute atomic E-state index is 11.7. The zero-order chi connectivity index (χ0) is 17.2. The first-order valence-electron chi connectivity index (χ1n) is 9.15. The average molecular weight is 326 g/mol. The summed E-state index contributed by atoms with van der Waals surface area (Å²) in [4.78, 5) is 14.3. The second-order valence-electron chi connectivity index (χ2n) is 6.15.